The molecule has 29 heavy (non-hydrogen) atoms. The fourth-order valence-corrected chi connectivity index (χ4v) is 4.04. The van der Waals surface area contributed by atoms with E-state index in [1.807, 2.05) is 33.9 Å². The summed E-state index contributed by atoms with van der Waals surface area (Å²) in [6, 6.07) is 8.21. The second kappa shape index (κ2) is 7.46. The number of aromatic nitrogens is 5. The van der Waals surface area contributed by atoms with Crippen molar-refractivity contribution >= 4 is 27.6 Å². The van der Waals surface area contributed by atoms with Crippen LogP contribution in [0, 0.1) is 0 Å². The SMILES string of the molecule is Nc1nc2cc(-c3ccnn3C3CCCCO3)ccc2c2cn(CCCO)nc12. The van der Waals surface area contributed by atoms with Crippen molar-refractivity contribution in [3.63, 3.8) is 0 Å². The van der Waals surface area contributed by atoms with Gasteiger partial charge in [-0.2, -0.15) is 10.2 Å². The van der Waals surface area contributed by atoms with E-state index in [4.69, 9.17) is 15.6 Å². The fourth-order valence-electron chi connectivity index (χ4n) is 4.04. The lowest BCUT2D eigenvalue weighted by molar-refractivity contribution is -0.0383. The summed E-state index contributed by atoms with van der Waals surface area (Å²) < 4.78 is 9.71. The van der Waals surface area contributed by atoms with Crippen LogP contribution in [0.3, 0.4) is 0 Å². The lowest BCUT2D eigenvalue weighted by atomic mass is 10.1. The van der Waals surface area contributed by atoms with Gasteiger partial charge in [0.25, 0.3) is 0 Å². The largest absolute Gasteiger partial charge is 0.396 e. The molecule has 3 N–H and O–H groups in total. The first-order chi connectivity index (χ1) is 14.2. The number of nitrogen functional groups attached to an aromatic ring is 1. The Hall–Kier alpha value is -2.97. The Kier molecular flexibility index (Phi) is 4.65. The van der Waals surface area contributed by atoms with Crippen molar-refractivity contribution in [3.05, 3.63) is 36.7 Å². The van der Waals surface area contributed by atoms with Crippen molar-refractivity contribution in [1.29, 1.82) is 0 Å². The van der Waals surface area contributed by atoms with Gasteiger partial charge in [0.05, 0.1) is 11.2 Å². The normalized spacial score (nSPS) is 17.3. The third-order valence-corrected chi connectivity index (χ3v) is 5.47. The third kappa shape index (κ3) is 3.24. The smallest absolute Gasteiger partial charge is 0.152 e. The monoisotopic (exact) mass is 392 g/mol. The Morgan fingerprint density at radius 2 is 2.14 bits per heavy atom. The number of nitrogens with zero attached hydrogens (tertiary/aromatic N) is 5. The zero-order chi connectivity index (χ0) is 19.8. The van der Waals surface area contributed by atoms with Crippen LogP contribution in [0.1, 0.15) is 31.9 Å². The molecular weight excluding hydrogens is 368 g/mol. The summed E-state index contributed by atoms with van der Waals surface area (Å²) in [6.45, 7) is 1.55. The van der Waals surface area contributed by atoms with Crippen LogP contribution in [0.5, 0.6) is 0 Å². The highest BCUT2D eigenvalue weighted by molar-refractivity contribution is 6.08. The number of fused-ring (bicyclic) bond motifs is 3. The molecule has 1 aliphatic rings. The zero-order valence-corrected chi connectivity index (χ0v) is 16.2. The topological polar surface area (TPSA) is 104 Å². The zero-order valence-electron chi connectivity index (χ0n) is 16.2. The van der Waals surface area contributed by atoms with Crippen molar-refractivity contribution in [3.8, 4) is 11.3 Å². The molecule has 5 rings (SSSR count). The van der Waals surface area contributed by atoms with Crippen LogP contribution in [-0.4, -0.2) is 42.9 Å². The fraction of sp³-hybridized carbons (Fsp3) is 0.381. The van der Waals surface area contributed by atoms with Gasteiger partial charge in [0.1, 0.15) is 5.52 Å². The summed E-state index contributed by atoms with van der Waals surface area (Å²) in [7, 11) is 0. The van der Waals surface area contributed by atoms with Crippen LogP contribution in [0.4, 0.5) is 5.82 Å². The van der Waals surface area contributed by atoms with Crippen LogP contribution in [0.25, 0.3) is 33.1 Å². The first-order valence-electron chi connectivity index (χ1n) is 10.1. The summed E-state index contributed by atoms with van der Waals surface area (Å²) in [5.41, 5.74) is 9.77. The Morgan fingerprint density at radius 1 is 1.21 bits per heavy atom. The van der Waals surface area contributed by atoms with Gasteiger partial charge >= 0.3 is 0 Å². The maximum Gasteiger partial charge on any atom is 0.152 e. The van der Waals surface area contributed by atoms with Gasteiger partial charge in [-0.15, -0.1) is 0 Å². The van der Waals surface area contributed by atoms with Crippen LogP contribution in [0.15, 0.2) is 36.7 Å². The Balaban J connectivity index is 1.57. The minimum Gasteiger partial charge on any atom is -0.396 e. The van der Waals surface area contributed by atoms with Crippen molar-refractivity contribution < 1.29 is 9.84 Å². The predicted molar refractivity (Wildman–Crippen MR) is 111 cm³/mol. The number of ether oxygens (including phenoxy) is 1. The number of aryl methyl sites for hydroxylation is 1. The van der Waals surface area contributed by atoms with E-state index >= 15 is 0 Å². The van der Waals surface area contributed by atoms with E-state index in [1.165, 1.54) is 0 Å². The minimum atomic E-state index is -0.0188. The van der Waals surface area contributed by atoms with Crippen molar-refractivity contribution in [1.82, 2.24) is 24.5 Å². The maximum absolute atomic E-state index is 9.07. The van der Waals surface area contributed by atoms with Gasteiger partial charge in [-0.25, -0.2) is 9.67 Å². The summed E-state index contributed by atoms with van der Waals surface area (Å²) in [4.78, 5) is 4.60. The first-order valence-corrected chi connectivity index (χ1v) is 10.1. The number of anilines is 1. The van der Waals surface area contributed by atoms with E-state index in [2.05, 4.69) is 27.3 Å². The van der Waals surface area contributed by atoms with Gasteiger partial charge in [-0.05, 0) is 37.8 Å². The second-order valence-corrected chi connectivity index (χ2v) is 7.44. The molecule has 1 aliphatic heterocycles. The number of rotatable bonds is 5. The molecule has 1 saturated heterocycles. The van der Waals surface area contributed by atoms with Crippen LogP contribution in [0.2, 0.25) is 0 Å². The van der Waals surface area contributed by atoms with Crippen LogP contribution < -0.4 is 5.73 Å². The summed E-state index contributed by atoms with van der Waals surface area (Å²) in [5.74, 6) is 0.413. The molecule has 1 fully saturated rings. The number of aliphatic hydroxyl groups excluding tert-OH is 1. The molecule has 0 bridgehead atoms. The molecule has 3 aromatic heterocycles. The molecule has 8 nitrogen and oxygen atoms in total. The van der Waals surface area contributed by atoms with E-state index in [-0.39, 0.29) is 12.8 Å². The molecule has 1 unspecified atom stereocenters. The van der Waals surface area contributed by atoms with Gasteiger partial charge < -0.3 is 15.6 Å². The van der Waals surface area contributed by atoms with E-state index in [0.717, 1.165) is 53.4 Å². The number of aliphatic hydroxyl groups is 1. The quantitative estimate of drug-likeness (QED) is 0.541. The van der Waals surface area contributed by atoms with Crippen LogP contribution >= 0.6 is 0 Å². The molecule has 0 radical (unpaired) electrons. The first kappa shape index (κ1) is 18.1. The van der Waals surface area contributed by atoms with Crippen molar-refractivity contribution in [2.24, 2.45) is 0 Å². The number of hydrogen-bond acceptors (Lipinski definition) is 6. The lowest BCUT2D eigenvalue weighted by Gasteiger charge is -2.24. The van der Waals surface area contributed by atoms with Gasteiger partial charge in [-0.3, -0.25) is 4.68 Å². The van der Waals surface area contributed by atoms with Crippen molar-refractivity contribution in [2.75, 3.05) is 18.9 Å². The average molecular weight is 392 g/mol. The molecule has 0 aliphatic carbocycles. The van der Waals surface area contributed by atoms with Gasteiger partial charge in [-0.1, -0.05) is 12.1 Å². The molecule has 0 saturated carbocycles. The van der Waals surface area contributed by atoms with Gasteiger partial charge in [0.2, 0.25) is 0 Å². The standard InChI is InChI=1S/C21H24N6O2/c22-21-20-16(13-26(25-20)9-3-10-28)15-6-5-14(12-17(15)24-21)18-7-8-23-27(18)19-4-1-2-11-29-19/h5-8,12-13,19,28H,1-4,9-11H2,(H2,22,24). The molecule has 4 aromatic rings. The van der Waals surface area contributed by atoms with Gasteiger partial charge in [0, 0.05) is 48.5 Å². The summed E-state index contributed by atoms with van der Waals surface area (Å²) in [6.07, 6.45) is 7.65. The summed E-state index contributed by atoms with van der Waals surface area (Å²) >= 11 is 0. The minimum absolute atomic E-state index is 0.0188. The van der Waals surface area contributed by atoms with E-state index < -0.39 is 0 Å². The molecule has 8 heteroatoms. The lowest BCUT2D eigenvalue weighted by Crippen LogP contribution is -2.19. The van der Waals surface area contributed by atoms with E-state index in [9.17, 15) is 0 Å². The average Bonchev–Trinajstić information content (AvgIpc) is 3.40. The number of benzene rings is 1. The number of nitrogens with two attached hydrogens (primary N) is 1. The maximum atomic E-state index is 9.07. The summed E-state index contributed by atoms with van der Waals surface area (Å²) in [5, 5.41) is 20.1. The Morgan fingerprint density at radius 3 is 2.97 bits per heavy atom. The predicted octanol–water partition coefficient (Wildman–Crippen LogP) is 3.11. The molecule has 150 valence electrons. The molecule has 4 heterocycles. The van der Waals surface area contributed by atoms with Crippen molar-refractivity contribution in [2.45, 2.75) is 38.5 Å². The Labute approximate surface area is 167 Å². The highest BCUT2D eigenvalue weighted by Gasteiger charge is 2.20. The highest BCUT2D eigenvalue weighted by Crippen LogP contribution is 2.32. The molecule has 1 atom stereocenters. The Bertz CT molecular complexity index is 1160. The second-order valence-electron chi connectivity index (χ2n) is 7.44. The number of pyridine rings is 1. The molecule has 1 aromatic carbocycles. The van der Waals surface area contributed by atoms with Gasteiger partial charge in [0.15, 0.2) is 12.0 Å². The highest BCUT2D eigenvalue weighted by atomic mass is 16.5. The van der Waals surface area contributed by atoms with Crippen LogP contribution in [-0.2, 0) is 11.3 Å². The van der Waals surface area contributed by atoms with E-state index in [1.54, 1.807) is 0 Å². The third-order valence-electron chi connectivity index (χ3n) is 5.47. The molecular formula is C21H24N6O2. The molecule has 0 amide bonds. The number of hydrogen-bond donors (Lipinski definition) is 2. The van der Waals surface area contributed by atoms with E-state index in [0.29, 0.717) is 24.3 Å². The molecule has 0 spiro atoms.